The number of phenolic OH excluding ortho intramolecular Hbond substituents is 1. The number of phenols is 1. The van der Waals surface area contributed by atoms with E-state index in [4.69, 9.17) is 0 Å². The molecule has 0 heterocycles. The topological polar surface area (TPSA) is 66.4 Å². The lowest BCUT2D eigenvalue weighted by Crippen LogP contribution is -2.15. The second-order valence-electron chi connectivity index (χ2n) is 4.30. The number of benzene rings is 2. The maximum Gasteiger partial charge on any atom is 0.236 e. The van der Waals surface area contributed by atoms with Crippen LogP contribution in [0.25, 0.3) is 0 Å². The van der Waals surface area contributed by atoms with E-state index >= 15 is 0 Å². The quantitative estimate of drug-likeness (QED) is 0.903. The minimum Gasteiger partial charge on any atom is -0.508 e. The molecule has 0 saturated carbocycles. The van der Waals surface area contributed by atoms with E-state index in [9.17, 15) is 13.5 Å². The zero-order valence-corrected chi connectivity index (χ0v) is 11.3. The van der Waals surface area contributed by atoms with Crippen LogP contribution in [0.4, 0.5) is 5.69 Å². The molecule has 100 valence electrons. The Balaban J connectivity index is 2.20. The molecular formula is C14H15NO3S. The second-order valence-corrected chi connectivity index (χ2v) is 6.02. The summed E-state index contributed by atoms with van der Waals surface area (Å²) in [6.45, 7) is 1.66. The van der Waals surface area contributed by atoms with Gasteiger partial charge in [0.25, 0.3) is 0 Å². The average Bonchev–Trinajstić information content (AvgIpc) is 2.35. The van der Waals surface area contributed by atoms with E-state index in [0.29, 0.717) is 16.8 Å². The van der Waals surface area contributed by atoms with Crippen LogP contribution in [0.15, 0.2) is 48.5 Å². The number of anilines is 1. The van der Waals surface area contributed by atoms with Crippen molar-refractivity contribution in [2.75, 3.05) is 4.72 Å². The van der Waals surface area contributed by atoms with E-state index in [1.807, 2.05) is 6.07 Å². The molecule has 0 unspecified atom stereocenters. The normalized spacial score (nSPS) is 11.2. The molecule has 5 heteroatoms. The molecule has 2 rings (SSSR count). The van der Waals surface area contributed by atoms with Crippen molar-refractivity contribution in [1.29, 1.82) is 0 Å². The van der Waals surface area contributed by atoms with Crippen molar-refractivity contribution in [2.45, 2.75) is 12.7 Å². The summed E-state index contributed by atoms with van der Waals surface area (Å²) in [6.07, 6.45) is 0. The molecule has 0 radical (unpaired) electrons. The van der Waals surface area contributed by atoms with Crippen LogP contribution in [-0.2, 0) is 15.8 Å². The third-order valence-corrected chi connectivity index (χ3v) is 4.01. The number of rotatable bonds is 4. The monoisotopic (exact) mass is 277 g/mol. The number of sulfonamides is 1. The summed E-state index contributed by atoms with van der Waals surface area (Å²) in [5.41, 5.74) is 1.63. The van der Waals surface area contributed by atoms with Crippen molar-refractivity contribution in [3.05, 3.63) is 59.7 Å². The van der Waals surface area contributed by atoms with Gasteiger partial charge in [-0.2, -0.15) is 0 Å². The van der Waals surface area contributed by atoms with Crippen molar-refractivity contribution < 1.29 is 13.5 Å². The fourth-order valence-corrected chi connectivity index (χ4v) is 2.99. The maximum absolute atomic E-state index is 12.0. The lowest BCUT2D eigenvalue weighted by Gasteiger charge is -2.11. The highest BCUT2D eigenvalue weighted by Gasteiger charge is 2.13. The molecule has 0 amide bonds. The van der Waals surface area contributed by atoms with Gasteiger partial charge in [0, 0.05) is 5.56 Å². The first-order valence-electron chi connectivity index (χ1n) is 5.81. The smallest absolute Gasteiger partial charge is 0.236 e. The zero-order valence-electron chi connectivity index (χ0n) is 10.5. The summed E-state index contributed by atoms with van der Waals surface area (Å²) >= 11 is 0. The van der Waals surface area contributed by atoms with Gasteiger partial charge in [0.1, 0.15) is 5.75 Å². The van der Waals surface area contributed by atoms with Gasteiger partial charge in [-0.05, 0) is 24.6 Å². The van der Waals surface area contributed by atoms with Crippen LogP contribution in [0, 0.1) is 6.92 Å². The Morgan fingerprint density at radius 3 is 2.42 bits per heavy atom. The molecule has 0 atom stereocenters. The Morgan fingerprint density at radius 2 is 1.74 bits per heavy atom. The molecule has 0 saturated heterocycles. The molecule has 4 nitrogen and oxygen atoms in total. The van der Waals surface area contributed by atoms with Gasteiger partial charge in [0.05, 0.1) is 11.4 Å². The van der Waals surface area contributed by atoms with Gasteiger partial charge in [-0.1, -0.05) is 36.4 Å². The predicted octanol–water partition coefficient (Wildman–Crippen LogP) is 2.64. The minimum atomic E-state index is -3.49. The standard InChI is InChI=1S/C14H15NO3S/c1-11-13(8-5-9-14(11)16)15-19(17,18)10-12-6-3-2-4-7-12/h2-9,15-16H,10H2,1H3. The van der Waals surface area contributed by atoms with Gasteiger partial charge < -0.3 is 5.11 Å². The van der Waals surface area contributed by atoms with Crippen molar-refractivity contribution in [1.82, 2.24) is 0 Å². The Hall–Kier alpha value is -2.01. The van der Waals surface area contributed by atoms with Gasteiger partial charge in [-0.3, -0.25) is 4.72 Å². The summed E-state index contributed by atoms with van der Waals surface area (Å²) in [5, 5.41) is 9.55. The average molecular weight is 277 g/mol. The molecule has 0 aromatic heterocycles. The fourth-order valence-electron chi connectivity index (χ4n) is 1.73. The first-order valence-corrected chi connectivity index (χ1v) is 7.46. The SMILES string of the molecule is Cc1c(O)cccc1NS(=O)(=O)Cc1ccccc1. The van der Waals surface area contributed by atoms with E-state index in [-0.39, 0.29) is 11.5 Å². The van der Waals surface area contributed by atoms with E-state index in [1.54, 1.807) is 43.3 Å². The van der Waals surface area contributed by atoms with E-state index < -0.39 is 10.0 Å². The molecule has 0 aliphatic heterocycles. The van der Waals surface area contributed by atoms with Crippen molar-refractivity contribution >= 4 is 15.7 Å². The van der Waals surface area contributed by atoms with Crippen LogP contribution < -0.4 is 4.72 Å². The van der Waals surface area contributed by atoms with Crippen LogP contribution >= 0.6 is 0 Å². The highest BCUT2D eigenvalue weighted by Crippen LogP contribution is 2.25. The van der Waals surface area contributed by atoms with Crippen molar-refractivity contribution in [2.24, 2.45) is 0 Å². The van der Waals surface area contributed by atoms with Crippen LogP contribution in [-0.4, -0.2) is 13.5 Å². The second kappa shape index (κ2) is 5.32. The summed E-state index contributed by atoms with van der Waals surface area (Å²) < 4.78 is 26.6. The highest BCUT2D eigenvalue weighted by molar-refractivity contribution is 7.91. The van der Waals surface area contributed by atoms with Crippen molar-refractivity contribution in [3.63, 3.8) is 0 Å². The third-order valence-electron chi connectivity index (χ3n) is 2.77. The van der Waals surface area contributed by atoms with Crippen LogP contribution in [0.5, 0.6) is 5.75 Å². The lowest BCUT2D eigenvalue weighted by atomic mass is 10.2. The Bertz CT molecular complexity index is 666. The number of hydrogen-bond donors (Lipinski definition) is 2. The molecular weight excluding hydrogens is 262 g/mol. The molecule has 0 aliphatic carbocycles. The molecule has 0 bridgehead atoms. The van der Waals surface area contributed by atoms with Gasteiger partial charge >= 0.3 is 0 Å². The number of aromatic hydroxyl groups is 1. The van der Waals surface area contributed by atoms with Gasteiger partial charge in [-0.25, -0.2) is 8.42 Å². The Labute approximate surface area is 112 Å². The Morgan fingerprint density at radius 1 is 1.05 bits per heavy atom. The first kappa shape index (κ1) is 13.4. The summed E-state index contributed by atoms with van der Waals surface area (Å²) in [4.78, 5) is 0. The summed E-state index contributed by atoms with van der Waals surface area (Å²) in [7, 11) is -3.49. The number of hydrogen-bond acceptors (Lipinski definition) is 3. The molecule has 0 fully saturated rings. The maximum atomic E-state index is 12.0. The van der Waals surface area contributed by atoms with Gasteiger partial charge in [0.2, 0.25) is 10.0 Å². The third kappa shape index (κ3) is 3.48. The van der Waals surface area contributed by atoms with Crippen LogP contribution in [0.3, 0.4) is 0 Å². The predicted molar refractivity (Wildman–Crippen MR) is 75.5 cm³/mol. The van der Waals surface area contributed by atoms with Crippen molar-refractivity contribution in [3.8, 4) is 5.75 Å². The number of nitrogens with one attached hydrogen (secondary N) is 1. The van der Waals surface area contributed by atoms with E-state index in [1.165, 1.54) is 6.07 Å². The van der Waals surface area contributed by atoms with E-state index in [0.717, 1.165) is 0 Å². The first-order chi connectivity index (χ1) is 8.98. The molecule has 0 aliphatic rings. The molecule has 19 heavy (non-hydrogen) atoms. The summed E-state index contributed by atoms with van der Waals surface area (Å²) in [6, 6.07) is 13.7. The van der Waals surface area contributed by atoms with Gasteiger partial charge in [-0.15, -0.1) is 0 Å². The van der Waals surface area contributed by atoms with Gasteiger partial charge in [0.15, 0.2) is 0 Å². The summed E-state index contributed by atoms with van der Waals surface area (Å²) in [5.74, 6) is -0.0249. The largest absolute Gasteiger partial charge is 0.508 e. The molecule has 2 N–H and O–H groups in total. The van der Waals surface area contributed by atoms with Crippen LogP contribution in [0.1, 0.15) is 11.1 Å². The highest BCUT2D eigenvalue weighted by atomic mass is 32.2. The minimum absolute atomic E-state index is 0.0694. The Kier molecular flexibility index (Phi) is 3.76. The molecule has 0 spiro atoms. The zero-order chi connectivity index (χ0) is 13.9. The molecule has 2 aromatic rings. The van der Waals surface area contributed by atoms with E-state index in [2.05, 4.69) is 4.72 Å². The fraction of sp³-hybridized carbons (Fsp3) is 0.143. The molecule has 2 aromatic carbocycles. The van der Waals surface area contributed by atoms with Crippen LogP contribution in [0.2, 0.25) is 0 Å². The lowest BCUT2D eigenvalue weighted by molar-refractivity contribution is 0.471.